The highest BCUT2D eigenvalue weighted by atomic mass is 16.5. The summed E-state index contributed by atoms with van der Waals surface area (Å²) in [5, 5.41) is 3.53. The second-order valence-corrected chi connectivity index (χ2v) is 6.79. The molecule has 1 aliphatic heterocycles. The van der Waals surface area contributed by atoms with E-state index in [1.165, 1.54) is 10.9 Å². The lowest BCUT2D eigenvalue weighted by molar-refractivity contribution is -0.121. The quantitative estimate of drug-likeness (QED) is 0.622. The number of ether oxygens (including phenoxy) is 1. The lowest BCUT2D eigenvalue weighted by Gasteiger charge is -2.31. The highest BCUT2D eigenvalue weighted by molar-refractivity contribution is 6.00. The lowest BCUT2D eigenvalue weighted by atomic mass is 10.0. The first-order chi connectivity index (χ1) is 14.0. The topological polar surface area (TPSA) is 108 Å². The van der Waals surface area contributed by atoms with Crippen molar-refractivity contribution in [2.75, 3.05) is 18.1 Å². The predicted molar refractivity (Wildman–Crippen MR) is 104 cm³/mol. The van der Waals surface area contributed by atoms with E-state index in [1.807, 2.05) is 24.3 Å². The van der Waals surface area contributed by atoms with Gasteiger partial charge >= 0.3 is 5.97 Å². The van der Waals surface area contributed by atoms with Gasteiger partial charge < -0.3 is 14.2 Å². The fourth-order valence-corrected chi connectivity index (χ4v) is 3.58. The molecule has 150 valence electrons. The van der Waals surface area contributed by atoms with E-state index in [2.05, 4.69) is 10.1 Å². The Morgan fingerprint density at radius 2 is 2.10 bits per heavy atom. The molecule has 1 aromatic carbocycles. The number of rotatable bonds is 4. The number of carbonyl (C=O) groups is 2. The molecule has 2 aromatic heterocycles. The molecule has 0 saturated carbocycles. The zero-order chi connectivity index (χ0) is 20.5. The lowest BCUT2D eigenvalue weighted by Crippen LogP contribution is -2.42. The molecule has 1 amide bonds. The van der Waals surface area contributed by atoms with E-state index in [1.54, 1.807) is 18.7 Å². The van der Waals surface area contributed by atoms with E-state index in [-0.39, 0.29) is 29.3 Å². The van der Waals surface area contributed by atoms with Crippen molar-refractivity contribution in [3.05, 3.63) is 52.2 Å². The molecule has 0 bridgehead atoms. The van der Waals surface area contributed by atoms with E-state index in [0.29, 0.717) is 6.54 Å². The van der Waals surface area contributed by atoms with Gasteiger partial charge in [-0.3, -0.25) is 14.2 Å². The van der Waals surface area contributed by atoms with Crippen molar-refractivity contribution >= 4 is 28.7 Å². The van der Waals surface area contributed by atoms with Gasteiger partial charge in [-0.05, 0) is 38.3 Å². The van der Waals surface area contributed by atoms with E-state index in [9.17, 15) is 14.4 Å². The molecule has 0 aliphatic carbocycles. The Bertz CT molecular complexity index is 1150. The molecule has 0 N–H and O–H groups in total. The van der Waals surface area contributed by atoms with Crippen LogP contribution in [-0.4, -0.2) is 39.7 Å². The first-order valence-electron chi connectivity index (χ1n) is 9.45. The first kappa shape index (κ1) is 18.9. The Morgan fingerprint density at radius 1 is 1.31 bits per heavy atom. The average molecular weight is 396 g/mol. The normalized spacial score (nSPS) is 14.5. The van der Waals surface area contributed by atoms with Crippen LogP contribution in [0.25, 0.3) is 11.1 Å². The van der Waals surface area contributed by atoms with Crippen molar-refractivity contribution in [2.24, 2.45) is 0 Å². The van der Waals surface area contributed by atoms with Crippen LogP contribution >= 0.6 is 0 Å². The molecule has 9 heteroatoms. The number of para-hydroxylation sites is 1. The second kappa shape index (κ2) is 7.50. The smallest absolute Gasteiger partial charge is 0.361 e. The van der Waals surface area contributed by atoms with Crippen LogP contribution < -0.4 is 10.5 Å². The monoisotopic (exact) mass is 396 g/mol. The number of aryl methyl sites for hydroxylation is 1. The summed E-state index contributed by atoms with van der Waals surface area (Å²) >= 11 is 0. The first-order valence-corrected chi connectivity index (χ1v) is 9.45. The Balaban J connectivity index is 1.72. The zero-order valence-corrected chi connectivity index (χ0v) is 16.1. The summed E-state index contributed by atoms with van der Waals surface area (Å²) in [6, 6.07) is 6.92. The van der Waals surface area contributed by atoms with Gasteiger partial charge in [-0.1, -0.05) is 23.4 Å². The molecule has 3 heterocycles. The Kier molecular flexibility index (Phi) is 4.87. The van der Waals surface area contributed by atoms with Gasteiger partial charge in [0.05, 0.1) is 6.61 Å². The van der Waals surface area contributed by atoms with Crippen LogP contribution in [0.2, 0.25) is 0 Å². The van der Waals surface area contributed by atoms with Gasteiger partial charge in [0.2, 0.25) is 11.6 Å². The minimum Gasteiger partial charge on any atom is -0.461 e. The number of esters is 1. The number of nitrogens with zero attached hydrogens (tertiary/aromatic N) is 4. The summed E-state index contributed by atoms with van der Waals surface area (Å²) < 4.78 is 11.1. The standard InChI is InChI=1S/C20H20N4O5/c1-3-28-20(27)16-15-17(29-22-16)21-11-24(19(15)26)12(2)18(25)23-10-6-8-13-7-4-5-9-14(13)23/h4-5,7,9,11-12H,3,6,8,10H2,1-2H3/t12-/m1/s1. The SMILES string of the molecule is CCOC(=O)c1noc2ncn([C@H](C)C(=O)N3CCCc4ccccc43)c(=O)c12. The minimum atomic E-state index is -0.824. The number of benzene rings is 1. The largest absolute Gasteiger partial charge is 0.461 e. The van der Waals surface area contributed by atoms with Gasteiger partial charge in [-0.2, -0.15) is 0 Å². The summed E-state index contributed by atoms with van der Waals surface area (Å²) in [6.07, 6.45) is 2.99. The third-order valence-corrected chi connectivity index (χ3v) is 5.04. The molecule has 0 fully saturated rings. The molecule has 4 rings (SSSR count). The molecule has 0 unspecified atom stereocenters. The molecule has 0 spiro atoms. The third-order valence-electron chi connectivity index (χ3n) is 5.04. The minimum absolute atomic E-state index is 0.0720. The van der Waals surface area contributed by atoms with Crippen molar-refractivity contribution in [3.8, 4) is 0 Å². The predicted octanol–water partition coefficient (Wildman–Crippen LogP) is 2.10. The van der Waals surface area contributed by atoms with E-state index >= 15 is 0 Å². The molecule has 3 aromatic rings. The van der Waals surface area contributed by atoms with Crippen LogP contribution in [-0.2, 0) is 16.0 Å². The van der Waals surface area contributed by atoms with Crippen molar-refractivity contribution in [1.29, 1.82) is 0 Å². The van der Waals surface area contributed by atoms with Crippen LogP contribution in [0, 0.1) is 0 Å². The van der Waals surface area contributed by atoms with Crippen LogP contribution in [0.1, 0.15) is 42.4 Å². The van der Waals surface area contributed by atoms with Crippen LogP contribution in [0.3, 0.4) is 0 Å². The van der Waals surface area contributed by atoms with Gasteiger partial charge in [-0.25, -0.2) is 9.78 Å². The summed E-state index contributed by atoms with van der Waals surface area (Å²) in [6.45, 7) is 3.98. The number of hydrogen-bond donors (Lipinski definition) is 0. The van der Waals surface area contributed by atoms with E-state index in [0.717, 1.165) is 24.1 Å². The van der Waals surface area contributed by atoms with E-state index in [4.69, 9.17) is 9.26 Å². The van der Waals surface area contributed by atoms with Crippen LogP contribution in [0.4, 0.5) is 5.69 Å². The summed E-state index contributed by atoms with van der Waals surface area (Å²) in [5.41, 5.74) is 1.07. The Morgan fingerprint density at radius 3 is 2.90 bits per heavy atom. The van der Waals surface area contributed by atoms with E-state index < -0.39 is 17.6 Å². The van der Waals surface area contributed by atoms with Gasteiger partial charge in [0, 0.05) is 12.2 Å². The molecule has 29 heavy (non-hydrogen) atoms. The number of carbonyl (C=O) groups excluding carboxylic acids is 2. The molecule has 9 nitrogen and oxygen atoms in total. The molecular weight excluding hydrogens is 376 g/mol. The molecule has 1 aliphatic rings. The Hall–Kier alpha value is -3.49. The Labute approximate surface area is 165 Å². The number of hydrogen-bond acceptors (Lipinski definition) is 7. The average Bonchev–Trinajstić information content (AvgIpc) is 3.18. The van der Waals surface area contributed by atoms with Gasteiger partial charge in [0.25, 0.3) is 11.3 Å². The van der Waals surface area contributed by atoms with Gasteiger partial charge in [0.1, 0.15) is 17.8 Å². The molecular formula is C20H20N4O5. The third kappa shape index (κ3) is 3.18. The highest BCUT2D eigenvalue weighted by Crippen LogP contribution is 2.28. The molecule has 0 radical (unpaired) electrons. The second-order valence-electron chi connectivity index (χ2n) is 6.79. The number of fused-ring (bicyclic) bond motifs is 2. The summed E-state index contributed by atoms with van der Waals surface area (Å²) in [5.74, 6) is -0.999. The van der Waals surface area contributed by atoms with Crippen LogP contribution in [0.15, 0.2) is 39.9 Å². The maximum atomic E-state index is 13.2. The number of amides is 1. The van der Waals surface area contributed by atoms with Crippen molar-refractivity contribution < 1.29 is 18.8 Å². The van der Waals surface area contributed by atoms with Crippen LogP contribution in [0.5, 0.6) is 0 Å². The summed E-state index contributed by atoms with van der Waals surface area (Å²) in [7, 11) is 0. The maximum absolute atomic E-state index is 13.2. The van der Waals surface area contributed by atoms with Gasteiger partial charge in [0.15, 0.2) is 0 Å². The molecule has 0 saturated heterocycles. The van der Waals surface area contributed by atoms with Crippen molar-refractivity contribution in [1.82, 2.24) is 14.7 Å². The van der Waals surface area contributed by atoms with Crippen molar-refractivity contribution in [3.63, 3.8) is 0 Å². The summed E-state index contributed by atoms with van der Waals surface area (Å²) in [4.78, 5) is 44.1. The number of anilines is 1. The fourth-order valence-electron chi connectivity index (χ4n) is 3.58. The molecule has 1 atom stereocenters. The van der Waals surface area contributed by atoms with Gasteiger partial charge in [-0.15, -0.1) is 0 Å². The maximum Gasteiger partial charge on any atom is 0.361 e. The van der Waals surface area contributed by atoms with Crippen molar-refractivity contribution in [2.45, 2.75) is 32.7 Å². The highest BCUT2D eigenvalue weighted by Gasteiger charge is 2.29. The fraction of sp³-hybridized carbons (Fsp3) is 0.350. The zero-order valence-electron chi connectivity index (χ0n) is 16.1. The number of aromatic nitrogens is 3.